The molecule has 1 fully saturated rings. The first kappa shape index (κ1) is 9.01. The monoisotopic (exact) mass is 175 g/mol. The van der Waals surface area contributed by atoms with E-state index in [1.807, 2.05) is 0 Å². The zero-order valence-electron chi connectivity index (χ0n) is 6.85. The van der Waals surface area contributed by atoms with Crippen LogP contribution in [0.1, 0.15) is 19.3 Å². The molecule has 2 nitrogen and oxygen atoms in total. The molecule has 3 heteroatoms. The van der Waals surface area contributed by atoms with Crippen molar-refractivity contribution in [2.24, 2.45) is 5.92 Å². The molecule has 1 unspecified atom stereocenters. The summed E-state index contributed by atoms with van der Waals surface area (Å²) < 4.78 is 0. The van der Waals surface area contributed by atoms with E-state index in [1.165, 1.54) is 6.42 Å². The normalized spacial score (nSPS) is 26.9. The van der Waals surface area contributed by atoms with Gasteiger partial charge in [-0.15, -0.1) is 0 Å². The van der Waals surface area contributed by atoms with Crippen molar-refractivity contribution >= 4 is 16.8 Å². The fourth-order valence-electron chi connectivity index (χ4n) is 1.67. The van der Waals surface area contributed by atoms with Gasteiger partial charge in [0.25, 0.3) is 0 Å². The van der Waals surface area contributed by atoms with Gasteiger partial charge in [-0.25, -0.2) is 0 Å². The lowest BCUT2D eigenvalue weighted by Crippen LogP contribution is -2.32. The van der Waals surface area contributed by atoms with E-state index in [1.54, 1.807) is 0 Å². The SMILES string of the molecule is CN1CCCC(CC(=O)Cl)C1. The van der Waals surface area contributed by atoms with Gasteiger partial charge in [-0.05, 0) is 44.0 Å². The summed E-state index contributed by atoms with van der Waals surface area (Å²) in [5.74, 6) is 0.499. The van der Waals surface area contributed by atoms with E-state index in [0.717, 1.165) is 19.5 Å². The molecule has 1 aliphatic heterocycles. The Morgan fingerprint density at radius 1 is 1.73 bits per heavy atom. The summed E-state index contributed by atoms with van der Waals surface area (Å²) in [6.07, 6.45) is 2.90. The zero-order valence-corrected chi connectivity index (χ0v) is 7.60. The van der Waals surface area contributed by atoms with Crippen LogP contribution in [0.5, 0.6) is 0 Å². The molecule has 1 aliphatic rings. The highest BCUT2D eigenvalue weighted by Crippen LogP contribution is 2.18. The fourth-order valence-corrected chi connectivity index (χ4v) is 1.89. The second-order valence-corrected chi connectivity index (χ2v) is 3.75. The first-order valence-electron chi connectivity index (χ1n) is 4.05. The lowest BCUT2D eigenvalue weighted by Gasteiger charge is -2.28. The summed E-state index contributed by atoms with van der Waals surface area (Å²) in [5.41, 5.74) is 0. The van der Waals surface area contributed by atoms with Gasteiger partial charge >= 0.3 is 0 Å². The van der Waals surface area contributed by atoms with Gasteiger partial charge in [0.05, 0.1) is 0 Å². The van der Waals surface area contributed by atoms with Crippen molar-refractivity contribution in [3.8, 4) is 0 Å². The highest BCUT2D eigenvalue weighted by atomic mass is 35.5. The van der Waals surface area contributed by atoms with E-state index < -0.39 is 0 Å². The minimum atomic E-state index is -0.190. The molecule has 1 heterocycles. The predicted molar refractivity (Wildman–Crippen MR) is 45.7 cm³/mol. The Labute approximate surface area is 72.5 Å². The maximum atomic E-state index is 10.6. The van der Waals surface area contributed by atoms with Crippen molar-refractivity contribution < 1.29 is 4.79 Å². The van der Waals surface area contributed by atoms with Crippen molar-refractivity contribution in [1.82, 2.24) is 4.90 Å². The zero-order chi connectivity index (χ0) is 8.27. The highest BCUT2D eigenvalue weighted by molar-refractivity contribution is 6.63. The van der Waals surface area contributed by atoms with Crippen LogP contribution in [0.3, 0.4) is 0 Å². The maximum Gasteiger partial charge on any atom is 0.221 e. The number of hydrogen-bond donors (Lipinski definition) is 0. The van der Waals surface area contributed by atoms with E-state index in [2.05, 4.69) is 11.9 Å². The minimum Gasteiger partial charge on any atom is -0.306 e. The van der Waals surface area contributed by atoms with Gasteiger partial charge < -0.3 is 4.90 Å². The molecule has 0 aromatic heterocycles. The second kappa shape index (κ2) is 4.07. The predicted octanol–water partition coefficient (Wildman–Crippen LogP) is 1.48. The first-order valence-corrected chi connectivity index (χ1v) is 4.43. The topological polar surface area (TPSA) is 20.3 Å². The van der Waals surface area contributed by atoms with Crippen molar-refractivity contribution in [2.45, 2.75) is 19.3 Å². The quantitative estimate of drug-likeness (QED) is 0.593. The Bertz CT molecular complexity index is 149. The molecule has 0 spiro atoms. The van der Waals surface area contributed by atoms with Crippen LogP contribution in [0.2, 0.25) is 0 Å². The molecule has 0 bridgehead atoms. The van der Waals surface area contributed by atoms with Crippen LogP contribution in [-0.2, 0) is 4.79 Å². The van der Waals surface area contributed by atoms with E-state index in [-0.39, 0.29) is 5.24 Å². The van der Waals surface area contributed by atoms with E-state index >= 15 is 0 Å². The molecule has 1 rings (SSSR count). The van der Waals surface area contributed by atoms with Crippen molar-refractivity contribution in [2.75, 3.05) is 20.1 Å². The lowest BCUT2D eigenvalue weighted by molar-refractivity contribution is -0.112. The number of carbonyl (C=O) groups excluding carboxylic acids is 1. The Hall–Kier alpha value is -0.0800. The molecule has 1 atom stereocenters. The number of nitrogens with zero attached hydrogens (tertiary/aromatic N) is 1. The molecule has 0 aliphatic carbocycles. The average molecular weight is 176 g/mol. The molecule has 0 N–H and O–H groups in total. The van der Waals surface area contributed by atoms with Gasteiger partial charge in [0.1, 0.15) is 0 Å². The number of carbonyl (C=O) groups is 1. The van der Waals surface area contributed by atoms with Crippen molar-refractivity contribution in [3.05, 3.63) is 0 Å². The van der Waals surface area contributed by atoms with E-state index in [9.17, 15) is 4.79 Å². The second-order valence-electron chi connectivity index (χ2n) is 3.33. The van der Waals surface area contributed by atoms with Gasteiger partial charge in [-0.2, -0.15) is 0 Å². The summed E-state index contributed by atoms with van der Waals surface area (Å²) in [5, 5.41) is -0.190. The molecular formula is C8H14ClNO. The standard InChI is InChI=1S/C8H14ClNO/c1-10-4-2-3-7(6-10)5-8(9)11/h7H,2-6H2,1H3. The number of piperidine rings is 1. The van der Waals surface area contributed by atoms with Gasteiger partial charge in [0.2, 0.25) is 5.24 Å². The van der Waals surface area contributed by atoms with Crippen LogP contribution in [0.4, 0.5) is 0 Å². The Kier molecular flexibility index (Phi) is 3.34. The third kappa shape index (κ3) is 3.21. The van der Waals surface area contributed by atoms with E-state index in [0.29, 0.717) is 12.3 Å². The third-order valence-corrected chi connectivity index (χ3v) is 2.33. The van der Waals surface area contributed by atoms with Crippen LogP contribution in [0, 0.1) is 5.92 Å². The highest BCUT2D eigenvalue weighted by Gasteiger charge is 2.18. The van der Waals surface area contributed by atoms with Crippen molar-refractivity contribution in [3.63, 3.8) is 0 Å². The van der Waals surface area contributed by atoms with Crippen LogP contribution >= 0.6 is 11.6 Å². The van der Waals surface area contributed by atoms with Gasteiger partial charge in [-0.3, -0.25) is 4.79 Å². The summed E-state index contributed by atoms with van der Waals surface area (Å²) >= 11 is 5.30. The number of halogens is 1. The van der Waals surface area contributed by atoms with Gasteiger partial charge in [-0.1, -0.05) is 0 Å². The third-order valence-electron chi connectivity index (χ3n) is 2.17. The minimum absolute atomic E-state index is 0.190. The van der Waals surface area contributed by atoms with Crippen LogP contribution in [0.25, 0.3) is 0 Å². The molecule has 0 aromatic rings. The fraction of sp³-hybridized carbons (Fsp3) is 0.875. The first-order chi connectivity index (χ1) is 5.18. The summed E-state index contributed by atoms with van der Waals surface area (Å²) in [6.45, 7) is 2.19. The van der Waals surface area contributed by atoms with Crippen LogP contribution in [0.15, 0.2) is 0 Å². The smallest absolute Gasteiger partial charge is 0.221 e. The van der Waals surface area contributed by atoms with E-state index in [4.69, 9.17) is 11.6 Å². The number of hydrogen-bond acceptors (Lipinski definition) is 2. The van der Waals surface area contributed by atoms with Crippen LogP contribution < -0.4 is 0 Å². The molecule has 64 valence electrons. The number of likely N-dealkylation sites (tertiary alicyclic amines) is 1. The largest absolute Gasteiger partial charge is 0.306 e. The Morgan fingerprint density at radius 3 is 3.00 bits per heavy atom. The lowest BCUT2D eigenvalue weighted by atomic mass is 9.96. The van der Waals surface area contributed by atoms with Crippen LogP contribution in [-0.4, -0.2) is 30.3 Å². The molecule has 0 aromatic carbocycles. The average Bonchev–Trinajstić information content (AvgIpc) is 1.85. The molecular weight excluding hydrogens is 162 g/mol. The molecule has 1 saturated heterocycles. The number of rotatable bonds is 2. The maximum absolute atomic E-state index is 10.6. The van der Waals surface area contributed by atoms with Gasteiger partial charge in [0, 0.05) is 13.0 Å². The molecule has 11 heavy (non-hydrogen) atoms. The van der Waals surface area contributed by atoms with Gasteiger partial charge in [0.15, 0.2) is 0 Å². The summed E-state index contributed by atoms with van der Waals surface area (Å²) in [7, 11) is 2.09. The molecule has 0 amide bonds. The Balaban J connectivity index is 2.28. The summed E-state index contributed by atoms with van der Waals surface area (Å²) in [4.78, 5) is 12.8. The van der Waals surface area contributed by atoms with Crippen molar-refractivity contribution in [1.29, 1.82) is 0 Å². The summed E-state index contributed by atoms with van der Waals surface area (Å²) in [6, 6.07) is 0. The molecule has 0 radical (unpaired) electrons. The Morgan fingerprint density at radius 2 is 2.45 bits per heavy atom. The molecule has 0 saturated carbocycles.